The SMILES string of the molecule is Cc1ccccc1[C@@H]1CN[C@@H](C)CO1. The summed E-state index contributed by atoms with van der Waals surface area (Å²) in [5.41, 5.74) is 2.63. The van der Waals surface area contributed by atoms with Gasteiger partial charge in [0.05, 0.1) is 12.7 Å². The molecule has 0 bridgehead atoms. The van der Waals surface area contributed by atoms with E-state index in [0.717, 1.165) is 13.2 Å². The van der Waals surface area contributed by atoms with Crippen LogP contribution in [0.1, 0.15) is 24.2 Å². The molecule has 2 rings (SSSR count). The number of rotatable bonds is 1. The van der Waals surface area contributed by atoms with Gasteiger partial charge < -0.3 is 10.1 Å². The van der Waals surface area contributed by atoms with Crippen LogP contribution in [-0.2, 0) is 4.74 Å². The zero-order valence-corrected chi connectivity index (χ0v) is 8.79. The topological polar surface area (TPSA) is 21.3 Å². The third-order valence-electron chi connectivity index (χ3n) is 2.73. The van der Waals surface area contributed by atoms with E-state index >= 15 is 0 Å². The summed E-state index contributed by atoms with van der Waals surface area (Å²) in [5.74, 6) is 0. The average Bonchev–Trinajstić information content (AvgIpc) is 2.20. The second kappa shape index (κ2) is 4.11. The summed E-state index contributed by atoms with van der Waals surface area (Å²) in [7, 11) is 0. The van der Waals surface area contributed by atoms with Gasteiger partial charge in [-0.25, -0.2) is 0 Å². The van der Waals surface area contributed by atoms with Gasteiger partial charge in [0.1, 0.15) is 0 Å². The number of nitrogens with one attached hydrogen (secondary N) is 1. The van der Waals surface area contributed by atoms with Gasteiger partial charge in [0.25, 0.3) is 0 Å². The molecule has 1 aliphatic heterocycles. The van der Waals surface area contributed by atoms with E-state index in [1.54, 1.807) is 0 Å². The van der Waals surface area contributed by atoms with Gasteiger partial charge in [0, 0.05) is 12.6 Å². The number of ether oxygens (including phenoxy) is 1. The van der Waals surface area contributed by atoms with Crippen LogP contribution in [0.2, 0.25) is 0 Å². The van der Waals surface area contributed by atoms with E-state index < -0.39 is 0 Å². The maximum absolute atomic E-state index is 5.79. The molecular formula is C12H17NO. The fraction of sp³-hybridized carbons (Fsp3) is 0.500. The molecular weight excluding hydrogens is 174 g/mol. The predicted octanol–water partition coefficient (Wildman–Crippen LogP) is 2.04. The van der Waals surface area contributed by atoms with Gasteiger partial charge in [-0.3, -0.25) is 0 Å². The Labute approximate surface area is 85.3 Å². The maximum Gasteiger partial charge on any atom is 0.0952 e. The molecule has 1 N–H and O–H groups in total. The second-order valence-electron chi connectivity index (χ2n) is 3.99. The standard InChI is InChI=1S/C12H17NO/c1-9-5-3-4-6-11(9)12-7-13-10(2)8-14-12/h3-6,10,12-13H,7-8H2,1-2H3/t10-,12-/m0/s1. The van der Waals surface area contributed by atoms with Gasteiger partial charge >= 0.3 is 0 Å². The van der Waals surface area contributed by atoms with Gasteiger partial charge in [-0.05, 0) is 25.0 Å². The Bertz CT molecular complexity index is 303. The molecule has 0 amide bonds. The minimum Gasteiger partial charge on any atom is -0.371 e. The van der Waals surface area contributed by atoms with Crippen molar-refractivity contribution in [3.63, 3.8) is 0 Å². The smallest absolute Gasteiger partial charge is 0.0952 e. The van der Waals surface area contributed by atoms with Crippen molar-refractivity contribution < 1.29 is 4.74 Å². The van der Waals surface area contributed by atoms with Gasteiger partial charge in [-0.2, -0.15) is 0 Å². The second-order valence-corrected chi connectivity index (χ2v) is 3.99. The monoisotopic (exact) mass is 191 g/mol. The Balaban J connectivity index is 2.12. The summed E-state index contributed by atoms with van der Waals surface area (Å²) >= 11 is 0. The third kappa shape index (κ3) is 1.97. The highest BCUT2D eigenvalue weighted by Crippen LogP contribution is 2.22. The summed E-state index contributed by atoms with van der Waals surface area (Å²) < 4.78 is 5.79. The van der Waals surface area contributed by atoms with Crippen molar-refractivity contribution >= 4 is 0 Å². The molecule has 76 valence electrons. The lowest BCUT2D eigenvalue weighted by Crippen LogP contribution is -2.40. The van der Waals surface area contributed by atoms with E-state index in [1.807, 2.05) is 0 Å². The van der Waals surface area contributed by atoms with Crippen molar-refractivity contribution in [3.05, 3.63) is 35.4 Å². The maximum atomic E-state index is 5.79. The molecule has 2 atom stereocenters. The average molecular weight is 191 g/mol. The van der Waals surface area contributed by atoms with Gasteiger partial charge in [-0.1, -0.05) is 24.3 Å². The Hall–Kier alpha value is -0.860. The minimum atomic E-state index is 0.229. The predicted molar refractivity (Wildman–Crippen MR) is 57.3 cm³/mol. The highest BCUT2D eigenvalue weighted by Gasteiger charge is 2.20. The first-order chi connectivity index (χ1) is 6.77. The van der Waals surface area contributed by atoms with Crippen molar-refractivity contribution in [3.8, 4) is 0 Å². The number of benzene rings is 1. The van der Waals surface area contributed by atoms with E-state index in [1.165, 1.54) is 11.1 Å². The first-order valence-electron chi connectivity index (χ1n) is 5.18. The molecule has 0 unspecified atom stereocenters. The van der Waals surface area contributed by atoms with Gasteiger partial charge in [0.2, 0.25) is 0 Å². The minimum absolute atomic E-state index is 0.229. The van der Waals surface area contributed by atoms with Crippen LogP contribution in [-0.4, -0.2) is 19.2 Å². The molecule has 1 aliphatic rings. The van der Waals surface area contributed by atoms with E-state index in [2.05, 4.69) is 43.4 Å². The van der Waals surface area contributed by atoms with Crippen LogP contribution < -0.4 is 5.32 Å². The summed E-state index contributed by atoms with van der Waals surface area (Å²) in [4.78, 5) is 0. The van der Waals surface area contributed by atoms with E-state index in [9.17, 15) is 0 Å². The van der Waals surface area contributed by atoms with E-state index in [-0.39, 0.29) is 6.10 Å². The van der Waals surface area contributed by atoms with Gasteiger partial charge in [-0.15, -0.1) is 0 Å². The van der Waals surface area contributed by atoms with Crippen LogP contribution in [0.4, 0.5) is 0 Å². The summed E-state index contributed by atoms with van der Waals surface area (Å²) in [6.45, 7) is 6.01. The molecule has 2 nitrogen and oxygen atoms in total. The highest BCUT2D eigenvalue weighted by molar-refractivity contribution is 5.28. The fourth-order valence-electron chi connectivity index (χ4n) is 1.83. The lowest BCUT2D eigenvalue weighted by molar-refractivity contribution is 0.00661. The van der Waals surface area contributed by atoms with Crippen molar-refractivity contribution in [1.82, 2.24) is 5.32 Å². The molecule has 1 aromatic rings. The molecule has 0 saturated carbocycles. The van der Waals surface area contributed by atoms with Crippen LogP contribution >= 0.6 is 0 Å². The van der Waals surface area contributed by atoms with Crippen molar-refractivity contribution in [2.75, 3.05) is 13.2 Å². The number of hydrogen-bond donors (Lipinski definition) is 1. The lowest BCUT2D eigenvalue weighted by Gasteiger charge is -2.29. The Morgan fingerprint density at radius 1 is 1.36 bits per heavy atom. The number of morpholine rings is 1. The molecule has 1 fully saturated rings. The first kappa shape index (κ1) is 9.69. The summed E-state index contributed by atoms with van der Waals surface area (Å²) in [6.07, 6.45) is 0.229. The highest BCUT2D eigenvalue weighted by atomic mass is 16.5. The number of aryl methyl sites for hydroxylation is 1. The van der Waals surface area contributed by atoms with Crippen LogP contribution in [0.3, 0.4) is 0 Å². The molecule has 1 heterocycles. The summed E-state index contributed by atoms with van der Waals surface area (Å²) in [5, 5.41) is 3.43. The van der Waals surface area contributed by atoms with Crippen LogP contribution in [0.15, 0.2) is 24.3 Å². The van der Waals surface area contributed by atoms with Crippen molar-refractivity contribution in [2.45, 2.75) is 26.0 Å². The molecule has 2 heteroatoms. The molecule has 1 saturated heterocycles. The fourth-order valence-corrected chi connectivity index (χ4v) is 1.83. The molecule has 0 aromatic heterocycles. The van der Waals surface area contributed by atoms with Crippen LogP contribution in [0.25, 0.3) is 0 Å². The normalized spacial score (nSPS) is 27.6. The summed E-state index contributed by atoms with van der Waals surface area (Å²) in [6, 6.07) is 8.91. The van der Waals surface area contributed by atoms with E-state index in [4.69, 9.17) is 4.74 Å². The largest absolute Gasteiger partial charge is 0.371 e. The Morgan fingerprint density at radius 3 is 2.79 bits per heavy atom. The third-order valence-corrected chi connectivity index (χ3v) is 2.73. The Morgan fingerprint density at radius 2 is 2.14 bits per heavy atom. The molecule has 0 radical (unpaired) electrons. The lowest BCUT2D eigenvalue weighted by atomic mass is 10.0. The molecule has 0 aliphatic carbocycles. The Kier molecular flexibility index (Phi) is 2.85. The first-order valence-corrected chi connectivity index (χ1v) is 5.18. The van der Waals surface area contributed by atoms with Crippen molar-refractivity contribution in [1.29, 1.82) is 0 Å². The van der Waals surface area contributed by atoms with E-state index in [0.29, 0.717) is 6.04 Å². The van der Waals surface area contributed by atoms with Crippen LogP contribution in [0, 0.1) is 6.92 Å². The van der Waals surface area contributed by atoms with Crippen molar-refractivity contribution in [2.24, 2.45) is 0 Å². The van der Waals surface area contributed by atoms with Crippen LogP contribution in [0.5, 0.6) is 0 Å². The zero-order chi connectivity index (χ0) is 9.97. The molecule has 0 spiro atoms. The number of hydrogen-bond acceptors (Lipinski definition) is 2. The molecule has 14 heavy (non-hydrogen) atoms. The zero-order valence-electron chi connectivity index (χ0n) is 8.79. The quantitative estimate of drug-likeness (QED) is 0.733. The van der Waals surface area contributed by atoms with Gasteiger partial charge in [0.15, 0.2) is 0 Å². The molecule has 1 aromatic carbocycles.